The summed E-state index contributed by atoms with van der Waals surface area (Å²) in [6, 6.07) is 6.61. The SMILES string of the molecule is C=S(C)(=O)C1(c2cc(N3CCOC[C@H]3C)nc(-c3ccnc4c3ccn4C(C)C)n2)CC1. The van der Waals surface area contributed by atoms with Crippen LogP contribution in [0.5, 0.6) is 0 Å². The van der Waals surface area contributed by atoms with E-state index in [0.29, 0.717) is 25.1 Å². The van der Waals surface area contributed by atoms with Gasteiger partial charge in [-0.25, -0.2) is 15.0 Å². The van der Waals surface area contributed by atoms with Crippen LogP contribution in [0.3, 0.4) is 0 Å². The zero-order valence-electron chi connectivity index (χ0n) is 19.2. The predicted molar refractivity (Wildman–Crippen MR) is 131 cm³/mol. The van der Waals surface area contributed by atoms with E-state index in [1.54, 1.807) is 6.26 Å². The lowest BCUT2D eigenvalue weighted by atomic mass is 10.1. The van der Waals surface area contributed by atoms with Crippen molar-refractivity contribution in [1.82, 2.24) is 19.5 Å². The molecule has 1 aliphatic heterocycles. The van der Waals surface area contributed by atoms with Crippen LogP contribution < -0.4 is 4.90 Å². The van der Waals surface area contributed by atoms with E-state index in [2.05, 4.69) is 53.4 Å². The minimum Gasteiger partial charge on any atom is -0.377 e. The Morgan fingerprint density at radius 3 is 2.72 bits per heavy atom. The van der Waals surface area contributed by atoms with Crippen molar-refractivity contribution in [1.29, 1.82) is 0 Å². The van der Waals surface area contributed by atoms with E-state index in [0.717, 1.165) is 47.5 Å². The van der Waals surface area contributed by atoms with E-state index in [4.69, 9.17) is 14.7 Å². The van der Waals surface area contributed by atoms with Crippen LogP contribution in [0.2, 0.25) is 0 Å². The Kier molecular flexibility index (Phi) is 5.05. The molecule has 4 heterocycles. The van der Waals surface area contributed by atoms with Gasteiger partial charge in [-0.15, -0.1) is 0 Å². The lowest BCUT2D eigenvalue weighted by Crippen LogP contribution is -2.44. The second kappa shape index (κ2) is 7.56. The van der Waals surface area contributed by atoms with E-state index in [-0.39, 0.29) is 6.04 Å². The third-order valence-corrected chi connectivity index (χ3v) is 9.06. The molecule has 8 heteroatoms. The largest absolute Gasteiger partial charge is 0.377 e. The van der Waals surface area contributed by atoms with Crippen molar-refractivity contribution < 1.29 is 8.95 Å². The Morgan fingerprint density at radius 2 is 2.06 bits per heavy atom. The maximum absolute atomic E-state index is 13.1. The molecule has 1 saturated heterocycles. The van der Waals surface area contributed by atoms with Gasteiger partial charge in [0.1, 0.15) is 11.5 Å². The summed E-state index contributed by atoms with van der Waals surface area (Å²) in [6.45, 7) is 8.53. The number of ether oxygens (including phenoxy) is 1. The lowest BCUT2D eigenvalue weighted by molar-refractivity contribution is 0.0985. The molecular weight excluding hydrogens is 422 g/mol. The van der Waals surface area contributed by atoms with Crippen molar-refractivity contribution in [3.05, 3.63) is 36.3 Å². The zero-order valence-corrected chi connectivity index (χ0v) is 20.1. The highest BCUT2D eigenvalue weighted by molar-refractivity contribution is 8.00. The topological polar surface area (TPSA) is 73.1 Å². The molecule has 0 amide bonds. The highest BCUT2D eigenvalue weighted by Crippen LogP contribution is 2.52. The third-order valence-electron chi connectivity index (χ3n) is 6.78. The Morgan fingerprint density at radius 1 is 1.28 bits per heavy atom. The summed E-state index contributed by atoms with van der Waals surface area (Å²) in [5.41, 5.74) is 2.71. The van der Waals surface area contributed by atoms with Crippen LogP contribution in [0, 0.1) is 0 Å². The van der Waals surface area contributed by atoms with Gasteiger partial charge in [0, 0.05) is 48.3 Å². The summed E-state index contributed by atoms with van der Waals surface area (Å²) in [7, 11) is -2.30. The molecule has 7 nitrogen and oxygen atoms in total. The fourth-order valence-corrected chi connectivity index (χ4v) is 6.21. The van der Waals surface area contributed by atoms with Gasteiger partial charge in [-0.05, 0) is 61.1 Å². The standard InChI is InChI=1S/C24H31N5O2S/c1-16(2)28-11-7-19-18(6-10-25-23(19)28)22-26-20(24(8-9-24)32(4,5)30)14-21(27-22)29-12-13-31-15-17(29)3/h6-7,10-11,14,16-17H,4,8-9,12-13,15H2,1-3,5H3/t17-,32?/m1/s1. The molecule has 2 fully saturated rings. The molecule has 3 aromatic heterocycles. The molecule has 32 heavy (non-hydrogen) atoms. The fraction of sp³-hybridized carbons (Fsp3) is 0.500. The number of aromatic nitrogens is 4. The van der Waals surface area contributed by atoms with Crippen LogP contribution in [0.1, 0.15) is 45.3 Å². The van der Waals surface area contributed by atoms with Gasteiger partial charge in [-0.3, -0.25) is 4.21 Å². The zero-order chi connectivity index (χ0) is 22.7. The van der Waals surface area contributed by atoms with Crippen molar-refractivity contribution in [2.24, 2.45) is 0 Å². The molecule has 2 aliphatic rings. The minimum absolute atomic E-state index is 0.208. The van der Waals surface area contributed by atoms with Crippen LogP contribution in [0.4, 0.5) is 5.82 Å². The Bertz CT molecular complexity index is 1280. The lowest BCUT2D eigenvalue weighted by Gasteiger charge is -2.35. The van der Waals surface area contributed by atoms with Crippen molar-refractivity contribution in [3.63, 3.8) is 0 Å². The monoisotopic (exact) mass is 453 g/mol. The summed E-state index contributed by atoms with van der Waals surface area (Å²) in [5.74, 6) is 5.55. The molecule has 5 rings (SSSR count). The maximum Gasteiger partial charge on any atom is 0.162 e. The molecule has 0 N–H and O–H groups in total. The van der Waals surface area contributed by atoms with Gasteiger partial charge in [0.25, 0.3) is 0 Å². The highest BCUT2D eigenvalue weighted by Gasteiger charge is 2.51. The first-order valence-corrected chi connectivity index (χ1v) is 13.4. The van der Waals surface area contributed by atoms with Gasteiger partial charge in [0.15, 0.2) is 5.82 Å². The number of fused-ring (bicyclic) bond motifs is 1. The average Bonchev–Trinajstić information content (AvgIpc) is 3.47. The number of nitrogens with zero attached hydrogens (tertiary/aromatic N) is 5. The second-order valence-corrected chi connectivity index (χ2v) is 12.3. The number of morpholine rings is 1. The summed E-state index contributed by atoms with van der Waals surface area (Å²) >= 11 is 0. The molecule has 3 aromatic rings. The first kappa shape index (κ1) is 21.4. The highest BCUT2D eigenvalue weighted by atomic mass is 32.2. The smallest absolute Gasteiger partial charge is 0.162 e. The van der Waals surface area contributed by atoms with Gasteiger partial charge in [-0.1, -0.05) is 0 Å². The van der Waals surface area contributed by atoms with Crippen molar-refractivity contribution in [2.45, 2.75) is 50.4 Å². The van der Waals surface area contributed by atoms with Crippen LogP contribution in [0.25, 0.3) is 22.4 Å². The van der Waals surface area contributed by atoms with Crippen molar-refractivity contribution in [2.75, 3.05) is 30.9 Å². The van der Waals surface area contributed by atoms with Gasteiger partial charge in [-0.2, -0.15) is 0 Å². The summed E-state index contributed by atoms with van der Waals surface area (Å²) in [5, 5.41) is 1.02. The van der Waals surface area contributed by atoms with Crippen LogP contribution in [-0.4, -0.2) is 61.7 Å². The number of rotatable bonds is 5. The Balaban J connectivity index is 1.72. The van der Waals surface area contributed by atoms with Crippen LogP contribution in [-0.2, 0) is 19.0 Å². The Labute approximate surface area is 189 Å². The second-order valence-electron chi connectivity index (χ2n) is 9.46. The van der Waals surface area contributed by atoms with E-state index >= 15 is 0 Å². The molecule has 0 spiro atoms. The summed E-state index contributed by atoms with van der Waals surface area (Å²) in [4.78, 5) is 16.9. The van der Waals surface area contributed by atoms with Gasteiger partial charge >= 0.3 is 0 Å². The van der Waals surface area contributed by atoms with E-state index in [1.165, 1.54) is 0 Å². The van der Waals surface area contributed by atoms with Gasteiger partial charge < -0.3 is 14.2 Å². The summed E-state index contributed by atoms with van der Waals surface area (Å²) < 4.78 is 20.5. The fourth-order valence-electron chi connectivity index (χ4n) is 4.69. The molecule has 2 atom stereocenters. The molecule has 0 aromatic carbocycles. The van der Waals surface area contributed by atoms with E-state index in [9.17, 15) is 4.21 Å². The first-order chi connectivity index (χ1) is 15.2. The van der Waals surface area contributed by atoms with Crippen LogP contribution >= 0.6 is 0 Å². The number of anilines is 1. The van der Waals surface area contributed by atoms with Crippen LogP contribution in [0.15, 0.2) is 30.6 Å². The third kappa shape index (κ3) is 3.40. The van der Waals surface area contributed by atoms with Gasteiger partial charge in [0.2, 0.25) is 0 Å². The molecular formula is C24H31N5O2S. The van der Waals surface area contributed by atoms with Crippen molar-refractivity contribution >= 4 is 32.2 Å². The molecule has 1 unspecified atom stereocenters. The van der Waals surface area contributed by atoms with Gasteiger partial charge in [0.05, 0.1) is 29.7 Å². The quantitative estimate of drug-likeness (QED) is 0.549. The minimum atomic E-state index is -2.30. The Hall–Kier alpha value is -2.45. The maximum atomic E-state index is 13.1. The molecule has 170 valence electrons. The van der Waals surface area contributed by atoms with E-state index in [1.807, 2.05) is 18.3 Å². The van der Waals surface area contributed by atoms with E-state index < -0.39 is 14.3 Å². The molecule has 1 saturated carbocycles. The van der Waals surface area contributed by atoms with Crippen molar-refractivity contribution in [3.8, 4) is 11.4 Å². The molecule has 1 aliphatic carbocycles. The molecule has 0 radical (unpaired) electrons. The summed E-state index contributed by atoms with van der Waals surface area (Å²) in [6.07, 6.45) is 7.33. The molecule has 0 bridgehead atoms. The first-order valence-electron chi connectivity index (χ1n) is 11.2. The number of hydrogen-bond donors (Lipinski definition) is 0. The number of pyridine rings is 1. The number of hydrogen-bond acceptors (Lipinski definition) is 6. The average molecular weight is 454 g/mol. The normalized spacial score (nSPS) is 22.3. The predicted octanol–water partition coefficient (Wildman–Crippen LogP) is 3.63.